The van der Waals surface area contributed by atoms with Crippen molar-refractivity contribution >= 4 is 0 Å². The molecule has 0 amide bonds. The van der Waals surface area contributed by atoms with E-state index in [0.29, 0.717) is 13.1 Å². The summed E-state index contributed by atoms with van der Waals surface area (Å²) in [5.41, 5.74) is 0.762. The zero-order chi connectivity index (χ0) is 17.5. The fourth-order valence-corrected chi connectivity index (χ4v) is 2.34. The quantitative estimate of drug-likeness (QED) is 0.804. The Morgan fingerprint density at radius 2 is 1.83 bits per heavy atom. The molecule has 2 aromatic rings. The molecule has 0 saturated heterocycles. The minimum atomic E-state index is -0.794. The molecule has 130 valence electrons. The van der Waals surface area contributed by atoms with Gasteiger partial charge < -0.3 is 14.6 Å². The third-order valence-electron chi connectivity index (χ3n) is 3.46. The van der Waals surface area contributed by atoms with Gasteiger partial charge in [0.25, 0.3) is 0 Å². The van der Waals surface area contributed by atoms with Crippen molar-refractivity contribution in [3.8, 4) is 11.5 Å². The Morgan fingerprint density at radius 3 is 2.50 bits per heavy atom. The summed E-state index contributed by atoms with van der Waals surface area (Å²) in [6, 6.07) is 10.8. The van der Waals surface area contributed by atoms with Gasteiger partial charge in [0.05, 0.1) is 7.11 Å². The third-order valence-corrected chi connectivity index (χ3v) is 3.46. The van der Waals surface area contributed by atoms with Crippen LogP contribution in [-0.4, -0.2) is 43.4 Å². The molecule has 0 saturated carbocycles. The lowest BCUT2D eigenvalue weighted by molar-refractivity contribution is 0.0728. The Hall–Kier alpha value is -2.18. The van der Waals surface area contributed by atoms with Gasteiger partial charge in [0.15, 0.2) is 23.1 Å². The lowest BCUT2D eigenvalue weighted by Gasteiger charge is -2.21. The number of methoxy groups -OCH3 is 1. The summed E-state index contributed by atoms with van der Waals surface area (Å²) in [6.07, 6.45) is -0.794. The van der Waals surface area contributed by atoms with Gasteiger partial charge in [-0.3, -0.25) is 4.90 Å². The average Bonchev–Trinajstić information content (AvgIpc) is 2.54. The summed E-state index contributed by atoms with van der Waals surface area (Å²) in [5, 5.41) is 10.0. The zero-order valence-corrected chi connectivity index (χ0v) is 13.7. The van der Waals surface area contributed by atoms with Crippen LogP contribution in [0.4, 0.5) is 8.78 Å². The standard InChI is InChI=1S/C18H21F2NO3/c1-21(10-13-7-8-17(23-2)16(20)9-13)11-14(22)12-24-18-6-4-3-5-15(18)19/h3-9,14,22H,10-12H2,1-2H3. The molecule has 1 atom stereocenters. The maximum atomic E-state index is 13.7. The summed E-state index contributed by atoms with van der Waals surface area (Å²) < 4.78 is 37.2. The molecule has 2 aromatic carbocycles. The second-order valence-electron chi connectivity index (χ2n) is 5.56. The van der Waals surface area contributed by atoms with E-state index in [1.807, 2.05) is 4.90 Å². The highest BCUT2D eigenvalue weighted by molar-refractivity contribution is 5.29. The van der Waals surface area contributed by atoms with E-state index >= 15 is 0 Å². The van der Waals surface area contributed by atoms with Gasteiger partial charge in [-0.1, -0.05) is 18.2 Å². The van der Waals surface area contributed by atoms with Gasteiger partial charge in [0, 0.05) is 13.1 Å². The van der Waals surface area contributed by atoms with Crippen molar-refractivity contribution in [3.05, 3.63) is 59.7 Å². The lowest BCUT2D eigenvalue weighted by Crippen LogP contribution is -2.32. The maximum absolute atomic E-state index is 13.7. The van der Waals surface area contributed by atoms with Gasteiger partial charge >= 0.3 is 0 Å². The molecule has 0 fully saturated rings. The van der Waals surface area contributed by atoms with Crippen LogP contribution in [0.15, 0.2) is 42.5 Å². The maximum Gasteiger partial charge on any atom is 0.165 e. The summed E-state index contributed by atoms with van der Waals surface area (Å²) in [4.78, 5) is 1.83. The van der Waals surface area contributed by atoms with Gasteiger partial charge in [-0.25, -0.2) is 8.78 Å². The number of aliphatic hydroxyl groups is 1. The number of hydrogen-bond donors (Lipinski definition) is 1. The molecule has 0 spiro atoms. The number of rotatable bonds is 8. The van der Waals surface area contributed by atoms with E-state index in [0.717, 1.165) is 5.56 Å². The molecule has 24 heavy (non-hydrogen) atoms. The van der Waals surface area contributed by atoms with Crippen molar-refractivity contribution in [1.29, 1.82) is 0 Å². The van der Waals surface area contributed by atoms with Crippen molar-refractivity contribution in [1.82, 2.24) is 4.90 Å². The summed E-state index contributed by atoms with van der Waals surface area (Å²) >= 11 is 0. The van der Waals surface area contributed by atoms with Gasteiger partial charge in [-0.2, -0.15) is 0 Å². The van der Waals surface area contributed by atoms with E-state index in [4.69, 9.17) is 9.47 Å². The molecule has 0 aliphatic heterocycles. The van der Waals surface area contributed by atoms with Crippen LogP contribution < -0.4 is 9.47 Å². The first-order valence-corrected chi connectivity index (χ1v) is 7.56. The molecule has 2 rings (SSSR count). The monoisotopic (exact) mass is 337 g/mol. The molecule has 0 aliphatic carbocycles. The minimum absolute atomic E-state index is 0.0255. The van der Waals surface area contributed by atoms with E-state index in [-0.39, 0.29) is 18.1 Å². The molecule has 1 unspecified atom stereocenters. The third kappa shape index (κ3) is 5.18. The highest BCUT2D eigenvalue weighted by Gasteiger charge is 2.12. The van der Waals surface area contributed by atoms with Crippen LogP contribution in [0.1, 0.15) is 5.56 Å². The number of hydrogen-bond acceptors (Lipinski definition) is 4. The molecule has 0 aromatic heterocycles. The van der Waals surface area contributed by atoms with Crippen LogP contribution in [0, 0.1) is 11.6 Å². The summed E-state index contributed by atoms with van der Waals surface area (Å²) in [5.74, 6) is -0.588. The summed E-state index contributed by atoms with van der Waals surface area (Å²) in [7, 11) is 3.21. The van der Waals surface area contributed by atoms with Crippen LogP contribution in [0.25, 0.3) is 0 Å². The number of aliphatic hydroxyl groups excluding tert-OH is 1. The van der Waals surface area contributed by atoms with Crippen LogP contribution in [0.5, 0.6) is 11.5 Å². The first kappa shape index (κ1) is 18.2. The topological polar surface area (TPSA) is 41.9 Å². The van der Waals surface area contributed by atoms with Crippen LogP contribution in [0.3, 0.4) is 0 Å². The van der Waals surface area contributed by atoms with Crippen molar-refractivity contribution < 1.29 is 23.4 Å². The number of likely N-dealkylation sites (N-methyl/N-ethyl adjacent to an activating group) is 1. The van der Waals surface area contributed by atoms with E-state index in [1.54, 1.807) is 31.3 Å². The van der Waals surface area contributed by atoms with Crippen molar-refractivity contribution in [2.75, 3.05) is 27.3 Å². The predicted molar refractivity (Wildman–Crippen MR) is 87.2 cm³/mol. The molecule has 0 heterocycles. The van der Waals surface area contributed by atoms with Gasteiger partial charge in [-0.15, -0.1) is 0 Å². The van der Waals surface area contributed by atoms with E-state index < -0.39 is 17.7 Å². The van der Waals surface area contributed by atoms with Gasteiger partial charge in [0.1, 0.15) is 12.7 Å². The number of nitrogens with zero attached hydrogens (tertiary/aromatic N) is 1. The number of benzene rings is 2. The van der Waals surface area contributed by atoms with Crippen LogP contribution in [0.2, 0.25) is 0 Å². The molecule has 0 radical (unpaired) electrons. The molecular weight excluding hydrogens is 316 g/mol. The number of ether oxygens (including phenoxy) is 2. The first-order chi connectivity index (χ1) is 11.5. The average molecular weight is 337 g/mol. The molecular formula is C18H21F2NO3. The van der Waals surface area contributed by atoms with Crippen LogP contribution >= 0.6 is 0 Å². The highest BCUT2D eigenvalue weighted by Crippen LogP contribution is 2.19. The molecule has 6 heteroatoms. The summed E-state index contributed by atoms with van der Waals surface area (Å²) in [6.45, 7) is 0.738. The van der Waals surface area contributed by atoms with Crippen molar-refractivity contribution in [2.24, 2.45) is 0 Å². The Labute approximate surface area is 140 Å². The second kappa shape index (κ2) is 8.61. The Balaban J connectivity index is 1.82. The lowest BCUT2D eigenvalue weighted by atomic mass is 10.2. The van der Waals surface area contributed by atoms with Crippen molar-refractivity contribution in [2.45, 2.75) is 12.6 Å². The first-order valence-electron chi connectivity index (χ1n) is 7.56. The minimum Gasteiger partial charge on any atom is -0.494 e. The van der Waals surface area contributed by atoms with E-state index in [2.05, 4.69) is 0 Å². The predicted octanol–water partition coefficient (Wildman–Crippen LogP) is 2.85. The van der Waals surface area contributed by atoms with E-state index in [9.17, 15) is 13.9 Å². The SMILES string of the molecule is COc1ccc(CN(C)CC(O)COc2ccccc2F)cc1F. The van der Waals surface area contributed by atoms with Crippen molar-refractivity contribution in [3.63, 3.8) is 0 Å². The zero-order valence-electron chi connectivity index (χ0n) is 13.7. The van der Waals surface area contributed by atoms with Gasteiger partial charge in [-0.05, 0) is 36.9 Å². The molecule has 0 aliphatic rings. The van der Waals surface area contributed by atoms with E-state index in [1.165, 1.54) is 25.3 Å². The Kier molecular flexibility index (Phi) is 6.52. The fraction of sp³-hybridized carbons (Fsp3) is 0.333. The second-order valence-corrected chi connectivity index (χ2v) is 5.56. The Bertz CT molecular complexity index is 666. The Morgan fingerprint density at radius 1 is 1.08 bits per heavy atom. The fourth-order valence-electron chi connectivity index (χ4n) is 2.34. The normalized spacial score (nSPS) is 12.2. The largest absolute Gasteiger partial charge is 0.494 e. The molecule has 0 bridgehead atoms. The molecule has 4 nitrogen and oxygen atoms in total. The smallest absolute Gasteiger partial charge is 0.165 e. The van der Waals surface area contributed by atoms with Crippen LogP contribution in [-0.2, 0) is 6.54 Å². The number of para-hydroxylation sites is 1. The number of halogens is 2. The van der Waals surface area contributed by atoms with Gasteiger partial charge in [0.2, 0.25) is 0 Å². The highest BCUT2D eigenvalue weighted by atomic mass is 19.1. The molecule has 1 N–H and O–H groups in total.